The summed E-state index contributed by atoms with van der Waals surface area (Å²) in [6, 6.07) is 8.44. The molecule has 2 aromatic heterocycles. The number of nitrogens with zero attached hydrogens (tertiary/aromatic N) is 5. The maximum Gasteiger partial charge on any atom is 0.415 e. The second-order valence-electron chi connectivity index (χ2n) is 7.33. The topological polar surface area (TPSA) is 106 Å². The quantitative estimate of drug-likeness (QED) is 0.618. The Morgan fingerprint density at radius 1 is 1.17 bits per heavy atom. The van der Waals surface area contributed by atoms with Gasteiger partial charge in [-0.15, -0.1) is 0 Å². The van der Waals surface area contributed by atoms with Crippen LogP contribution >= 0.6 is 11.6 Å². The Bertz CT molecular complexity index is 1040. The molecule has 1 saturated heterocycles. The number of cyclic esters (lactones) is 1. The van der Waals surface area contributed by atoms with E-state index in [2.05, 4.69) is 25.4 Å². The third-order valence-electron chi connectivity index (χ3n) is 4.82. The molecule has 1 fully saturated rings. The highest BCUT2D eigenvalue weighted by molar-refractivity contribution is 6.30. The Morgan fingerprint density at radius 3 is 2.67 bits per heavy atom. The highest BCUT2D eigenvalue weighted by Gasteiger charge is 2.37. The molecular formula is C20H21ClN6O3. The number of amides is 1. The summed E-state index contributed by atoms with van der Waals surface area (Å²) in [5.74, 6) is 1.90. The van der Waals surface area contributed by atoms with Gasteiger partial charge in [-0.1, -0.05) is 30.6 Å². The van der Waals surface area contributed by atoms with Gasteiger partial charge in [0.05, 0.1) is 6.04 Å². The summed E-state index contributed by atoms with van der Waals surface area (Å²) in [6.07, 6.45) is 1.18. The van der Waals surface area contributed by atoms with Crippen molar-refractivity contribution in [1.29, 1.82) is 0 Å². The van der Waals surface area contributed by atoms with Crippen LogP contribution in [-0.4, -0.2) is 38.9 Å². The summed E-state index contributed by atoms with van der Waals surface area (Å²) >= 11 is 5.92. The van der Waals surface area contributed by atoms with Crippen molar-refractivity contribution >= 4 is 29.5 Å². The molecule has 1 N–H and O–H groups in total. The average molecular weight is 429 g/mol. The fourth-order valence-electron chi connectivity index (χ4n) is 3.13. The summed E-state index contributed by atoms with van der Waals surface area (Å²) < 4.78 is 10.6. The van der Waals surface area contributed by atoms with E-state index in [0.717, 1.165) is 5.56 Å². The molecule has 0 bridgehead atoms. The minimum Gasteiger partial charge on any atom is -0.447 e. The fourth-order valence-corrected chi connectivity index (χ4v) is 3.25. The van der Waals surface area contributed by atoms with E-state index in [1.807, 2.05) is 32.9 Å². The van der Waals surface area contributed by atoms with Crippen molar-refractivity contribution in [1.82, 2.24) is 20.1 Å². The number of benzene rings is 1. The van der Waals surface area contributed by atoms with Gasteiger partial charge in [0, 0.05) is 16.8 Å². The molecule has 0 spiro atoms. The third-order valence-corrected chi connectivity index (χ3v) is 5.08. The SMILES string of the molecule is CC(Nc1nccc(N2C(=O)OCC2C(C)C)n1)c1nc(-c2ccc(Cl)cc2)no1. The van der Waals surface area contributed by atoms with E-state index < -0.39 is 6.09 Å². The van der Waals surface area contributed by atoms with Crippen LogP contribution in [0.1, 0.15) is 32.7 Å². The Kier molecular flexibility index (Phi) is 5.54. The summed E-state index contributed by atoms with van der Waals surface area (Å²) in [5, 5.41) is 7.79. The Hall–Kier alpha value is -3.20. The van der Waals surface area contributed by atoms with Crippen LogP contribution in [0.2, 0.25) is 5.02 Å². The second kappa shape index (κ2) is 8.27. The number of aromatic nitrogens is 4. The zero-order valence-corrected chi connectivity index (χ0v) is 17.5. The minimum atomic E-state index is -0.407. The van der Waals surface area contributed by atoms with Crippen molar-refractivity contribution in [2.45, 2.75) is 32.9 Å². The molecule has 1 aliphatic rings. The molecule has 3 heterocycles. The fraction of sp³-hybridized carbons (Fsp3) is 0.350. The number of carbonyl (C=O) groups is 1. The lowest BCUT2D eigenvalue weighted by Gasteiger charge is -2.23. The van der Waals surface area contributed by atoms with Crippen molar-refractivity contribution in [2.24, 2.45) is 5.92 Å². The predicted molar refractivity (Wildman–Crippen MR) is 111 cm³/mol. The van der Waals surface area contributed by atoms with Gasteiger partial charge in [0.15, 0.2) is 0 Å². The average Bonchev–Trinajstić information content (AvgIpc) is 3.36. The highest BCUT2D eigenvalue weighted by Crippen LogP contribution is 2.27. The number of rotatable bonds is 6. The molecule has 1 aromatic carbocycles. The van der Waals surface area contributed by atoms with Gasteiger partial charge in [0.1, 0.15) is 18.5 Å². The van der Waals surface area contributed by atoms with Crippen molar-refractivity contribution in [3.05, 3.63) is 47.4 Å². The number of halogens is 1. The highest BCUT2D eigenvalue weighted by atomic mass is 35.5. The predicted octanol–water partition coefficient (Wildman–Crippen LogP) is 4.33. The van der Waals surface area contributed by atoms with E-state index in [1.165, 1.54) is 0 Å². The zero-order valence-electron chi connectivity index (χ0n) is 16.7. The van der Waals surface area contributed by atoms with Gasteiger partial charge < -0.3 is 14.6 Å². The summed E-state index contributed by atoms with van der Waals surface area (Å²) in [7, 11) is 0. The minimum absolute atomic E-state index is 0.0736. The van der Waals surface area contributed by atoms with E-state index in [0.29, 0.717) is 35.1 Å². The lowest BCUT2D eigenvalue weighted by Crippen LogP contribution is -2.37. The monoisotopic (exact) mass is 428 g/mol. The van der Waals surface area contributed by atoms with E-state index in [-0.39, 0.29) is 18.0 Å². The lowest BCUT2D eigenvalue weighted by atomic mass is 10.0. The molecule has 0 saturated carbocycles. The van der Waals surface area contributed by atoms with Crippen LogP contribution in [0, 0.1) is 5.92 Å². The maximum absolute atomic E-state index is 12.2. The molecule has 9 nitrogen and oxygen atoms in total. The molecule has 156 valence electrons. The summed E-state index contributed by atoms with van der Waals surface area (Å²) in [4.78, 5) is 26.9. The second-order valence-corrected chi connectivity index (χ2v) is 7.76. The number of hydrogen-bond acceptors (Lipinski definition) is 8. The van der Waals surface area contributed by atoms with Crippen LogP contribution in [0.4, 0.5) is 16.6 Å². The number of ether oxygens (including phenoxy) is 1. The van der Waals surface area contributed by atoms with Gasteiger partial charge >= 0.3 is 6.09 Å². The van der Waals surface area contributed by atoms with Crippen LogP contribution in [0.25, 0.3) is 11.4 Å². The van der Waals surface area contributed by atoms with Crippen molar-refractivity contribution < 1.29 is 14.1 Å². The first-order valence-electron chi connectivity index (χ1n) is 9.57. The Balaban J connectivity index is 1.50. The van der Waals surface area contributed by atoms with Crippen molar-refractivity contribution in [2.75, 3.05) is 16.8 Å². The molecule has 2 atom stereocenters. The van der Waals surface area contributed by atoms with Crippen LogP contribution in [0.5, 0.6) is 0 Å². The van der Waals surface area contributed by atoms with E-state index >= 15 is 0 Å². The smallest absolute Gasteiger partial charge is 0.415 e. The van der Waals surface area contributed by atoms with Gasteiger partial charge in [-0.25, -0.2) is 9.78 Å². The van der Waals surface area contributed by atoms with Gasteiger partial charge in [-0.05, 0) is 43.2 Å². The molecule has 1 amide bonds. The van der Waals surface area contributed by atoms with E-state index in [4.69, 9.17) is 20.9 Å². The van der Waals surface area contributed by atoms with Crippen LogP contribution in [-0.2, 0) is 4.74 Å². The maximum atomic E-state index is 12.2. The molecule has 30 heavy (non-hydrogen) atoms. The molecular weight excluding hydrogens is 408 g/mol. The van der Waals surface area contributed by atoms with Crippen molar-refractivity contribution in [3.8, 4) is 11.4 Å². The number of carbonyl (C=O) groups excluding carboxylic acids is 1. The first kappa shape index (κ1) is 20.1. The van der Waals surface area contributed by atoms with Crippen LogP contribution in [0.15, 0.2) is 41.1 Å². The largest absolute Gasteiger partial charge is 0.447 e. The molecule has 0 aliphatic carbocycles. The summed E-state index contributed by atoms with van der Waals surface area (Å²) in [6.45, 7) is 6.27. The summed E-state index contributed by atoms with van der Waals surface area (Å²) in [5.41, 5.74) is 0.798. The van der Waals surface area contributed by atoms with Gasteiger partial charge in [0.2, 0.25) is 17.7 Å². The first-order chi connectivity index (χ1) is 14.4. The lowest BCUT2D eigenvalue weighted by molar-refractivity contribution is 0.177. The van der Waals surface area contributed by atoms with E-state index in [9.17, 15) is 4.79 Å². The normalized spacial score (nSPS) is 17.3. The third kappa shape index (κ3) is 4.06. The Labute approximate surface area is 178 Å². The molecule has 10 heteroatoms. The van der Waals surface area contributed by atoms with Crippen molar-refractivity contribution in [3.63, 3.8) is 0 Å². The Morgan fingerprint density at radius 2 is 1.93 bits per heavy atom. The van der Waals surface area contributed by atoms with Gasteiger partial charge in [-0.2, -0.15) is 9.97 Å². The van der Waals surface area contributed by atoms with E-state index in [1.54, 1.807) is 29.3 Å². The molecule has 0 radical (unpaired) electrons. The zero-order chi connectivity index (χ0) is 21.3. The molecule has 2 unspecified atom stereocenters. The number of anilines is 2. The molecule has 4 rings (SSSR count). The molecule has 1 aliphatic heterocycles. The number of nitrogens with one attached hydrogen (secondary N) is 1. The standard InChI is InChI=1S/C20H21ClN6O3/c1-11(2)15-10-29-20(28)27(15)16-8-9-22-19(24-16)23-12(3)18-25-17(26-30-18)13-4-6-14(21)7-5-13/h4-9,11-12,15H,10H2,1-3H3,(H,22,23,24). The first-order valence-corrected chi connectivity index (χ1v) is 9.95. The molecule has 3 aromatic rings. The van der Waals surface area contributed by atoms with Gasteiger partial charge in [0.25, 0.3) is 0 Å². The van der Waals surface area contributed by atoms with Gasteiger partial charge in [-0.3, -0.25) is 4.90 Å². The van der Waals surface area contributed by atoms with Crippen LogP contribution < -0.4 is 10.2 Å². The number of hydrogen-bond donors (Lipinski definition) is 1. The van der Waals surface area contributed by atoms with Crippen LogP contribution in [0.3, 0.4) is 0 Å².